The van der Waals surface area contributed by atoms with Gasteiger partial charge in [-0.3, -0.25) is 0 Å². The molecule has 0 saturated carbocycles. The van der Waals surface area contributed by atoms with Crippen LogP contribution in [0.15, 0.2) is 170 Å². The van der Waals surface area contributed by atoms with Crippen molar-refractivity contribution >= 4 is 50.6 Å². The molecule has 0 saturated heterocycles. The Bertz CT molecular complexity index is 2580. The topological polar surface area (TPSA) is 76.3 Å². The molecular weight excluding hydrogens is 625 g/mol. The fraction of sp³-hybridized carbons (Fsp3) is 0. The lowest BCUT2D eigenvalue weighted by Crippen LogP contribution is -2.74. The van der Waals surface area contributed by atoms with Crippen LogP contribution in [-0.2, 0) is 0 Å². The number of benzene rings is 7. The Morgan fingerprint density at radius 3 is 1.62 bits per heavy atom. The van der Waals surface area contributed by atoms with Crippen molar-refractivity contribution in [1.29, 1.82) is 15.8 Å². The normalized spacial score (nSPS) is 11.1. The first kappa shape index (κ1) is 30.4. The van der Waals surface area contributed by atoms with Gasteiger partial charge in [0.1, 0.15) is 12.1 Å². The van der Waals surface area contributed by atoms with Crippen LogP contribution in [0.5, 0.6) is 0 Å². The lowest BCUT2D eigenvalue weighted by atomic mass is 9.96. The van der Waals surface area contributed by atoms with E-state index in [2.05, 4.69) is 138 Å². The van der Waals surface area contributed by atoms with Crippen molar-refractivity contribution in [3.8, 4) is 35.0 Å². The summed E-state index contributed by atoms with van der Waals surface area (Å²) < 4.78 is 2.09. The number of hydrogen-bond acceptors (Lipinski definition) is 3. The summed E-state index contributed by atoms with van der Waals surface area (Å²) in [5.41, 5.74) is 5.35. The summed E-state index contributed by atoms with van der Waals surface area (Å²) in [7, 11) is -2.84. The predicted molar refractivity (Wildman–Crippen MR) is 204 cm³/mol. The fourth-order valence-corrected chi connectivity index (χ4v) is 12.3. The zero-order valence-electron chi connectivity index (χ0n) is 27.0. The summed E-state index contributed by atoms with van der Waals surface area (Å²) in [6, 6.07) is 65.4. The monoisotopic (exact) mass is 652 g/mol. The second kappa shape index (κ2) is 12.6. The maximum absolute atomic E-state index is 10.7. The second-order valence-corrected chi connectivity index (χ2v) is 16.0. The van der Waals surface area contributed by atoms with Gasteiger partial charge in [-0.15, -0.1) is 0 Å². The predicted octanol–water partition coefficient (Wildman–Crippen LogP) is 7.44. The van der Waals surface area contributed by atoms with Gasteiger partial charge in [-0.05, 0) is 56.6 Å². The van der Waals surface area contributed by atoms with E-state index >= 15 is 0 Å². The lowest BCUT2D eigenvalue weighted by Gasteiger charge is -2.34. The molecule has 0 bridgehead atoms. The molecule has 1 aromatic heterocycles. The second-order valence-electron chi connectivity index (χ2n) is 12.2. The molecule has 0 unspecified atom stereocenters. The van der Waals surface area contributed by atoms with Crippen LogP contribution in [0.2, 0.25) is 0 Å². The average molecular weight is 653 g/mol. The van der Waals surface area contributed by atoms with E-state index in [1.54, 1.807) is 12.1 Å². The molecular formula is C45H28N4Si. The average Bonchev–Trinajstić information content (AvgIpc) is 3.52. The van der Waals surface area contributed by atoms with Gasteiger partial charge in [0.2, 0.25) is 0 Å². The number of hydrogen-bond donors (Lipinski definition) is 0. The number of para-hydroxylation sites is 1. The summed E-state index contributed by atoms with van der Waals surface area (Å²) in [6.07, 6.45) is 0. The smallest absolute Gasteiger partial charge is 0.179 e. The SMILES string of the molecule is N#Cc1ccc2c(c1)c1ccccc1n2-c1c(-c2cccc([Si](c3ccccc3)(c3ccccc3)c3ccccc3)c2)ccc(C#N)c1C#N. The van der Waals surface area contributed by atoms with E-state index in [4.69, 9.17) is 0 Å². The highest BCUT2D eigenvalue weighted by Crippen LogP contribution is 2.39. The van der Waals surface area contributed by atoms with Gasteiger partial charge in [-0.2, -0.15) is 15.8 Å². The summed E-state index contributed by atoms with van der Waals surface area (Å²) in [5.74, 6) is 0. The summed E-state index contributed by atoms with van der Waals surface area (Å²) in [4.78, 5) is 0. The molecule has 0 aliphatic rings. The van der Waals surface area contributed by atoms with Gasteiger partial charge in [-0.1, -0.05) is 140 Å². The zero-order chi connectivity index (χ0) is 34.1. The number of rotatable bonds is 6. The van der Waals surface area contributed by atoms with Crippen LogP contribution in [-0.4, -0.2) is 12.6 Å². The minimum absolute atomic E-state index is 0.306. The molecule has 1 heterocycles. The van der Waals surface area contributed by atoms with Crippen molar-refractivity contribution in [2.24, 2.45) is 0 Å². The standard InChI is InChI=1S/C45H28N4Si/c46-29-32-23-26-44-41(27-32)40-21-10-11-22-43(40)49(44)45-39(25-24-34(30-47)42(45)31-48)33-13-12-20-38(28-33)50(35-14-4-1-5-15-35,36-16-6-2-7-17-36)37-18-8-3-9-19-37/h1-28H. The number of nitriles is 3. The van der Waals surface area contributed by atoms with Gasteiger partial charge >= 0.3 is 0 Å². The number of fused-ring (bicyclic) bond motifs is 3. The largest absolute Gasteiger partial charge is 0.307 e. The molecule has 0 amide bonds. The van der Waals surface area contributed by atoms with Crippen LogP contribution in [0.25, 0.3) is 38.6 Å². The van der Waals surface area contributed by atoms with E-state index in [1.807, 2.05) is 42.5 Å². The van der Waals surface area contributed by atoms with Crippen LogP contribution < -0.4 is 20.7 Å². The van der Waals surface area contributed by atoms with Crippen molar-refractivity contribution < 1.29 is 0 Å². The van der Waals surface area contributed by atoms with Crippen LogP contribution in [0.3, 0.4) is 0 Å². The molecule has 7 aromatic carbocycles. The van der Waals surface area contributed by atoms with Crippen molar-refractivity contribution in [1.82, 2.24) is 4.57 Å². The highest BCUT2D eigenvalue weighted by molar-refractivity contribution is 7.19. The number of nitrogens with zero attached hydrogens (tertiary/aromatic N) is 4. The molecule has 232 valence electrons. The first-order valence-electron chi connectivity index (χ1n) is 16.4. The first-order valence-corrected chi connectivity index (χ1v) is 18.4. The highest BCUT2D eigenvalue weighted by Gasteiger charge is 2.41. The number of aromatic nitrogens is 1. The fourth-order valence-electron chi connectivity index (χ4n) is 7.53. The van der Waals surface area contributed by atoms with Gasteiger partial charge < -0.3 is 4.57 Å². The summed E-state index contributed by atoms with van der Waals surface area (Å²) >= 11 is 0. The van der Waals surface area contributed by atoms with E-state index in [9.17, 15) is 15.8 Å². The molecule has 8 rings (SSSR count). The lowest BCUT2D eigenvalue weighted by molar-refractivity contribution is 1.16. The van der Waals surface area contributed by atoms with E-state index < -0.39 is 8.07 Å². The molecule has 0 atom stereocenters. The Morgan fingerprint density at radius 1 is 0.440 bits per heavy atom. The van der Waals surface area contributed by atoms with E-state index in [0.29, 0.717) is 22.4 Å². The van der Waals surface area contributed by atoms with Crippen LogP contribution >= 0.6 is 0 Å². The Balaban J connectivity index is 1.48. The molecule has 0 spiro atoms. The van der Waals surface area contributed by atoms with Gasteiger partial charge in [0, 0.05) is 16.3 Å². The minimum atomic E-state index is -2.84. The maximum atomic E-state index is 10.7. The van der Waals surface area contributed by atoms with Gasteiger partial charge in [-0.25, -0.2) is 0 Å². The Hall–Kier alpha value is -6.97. The molecule has 0 radical (unpaired) electrons. The van der Waals surface area contributed by atoms with Crippen LogP contribution in [0.1, 0.15) is 16.7 Å². The van der Waals surface area contributed by atoms with E-state index in [-0.39, 0.29) is 0 Å². The summed E-state index contributed by atoms with van der Waals surface area (Å²) in [6.45, 7) is 0. The minimum Gasteiger partial charge on any atom is -0.307 e. The zero-order valence-corrected chi connectivity index (χ0v) is 28.0. The van der Waals surface area contributed by atoms with Crippen molar-refractivity contribution in [2.45, 2.75) is 0 Å². The Morgan fingerprint density at radius 2 is 1.02 bits per heavy atom. The van der Waals surface area contributed by atoms with Gasteiger partial charge in [0.15, 0.2) is 8.07 Å². The molecule has 8 aromatic rings. The van der Waals surface area contributed by atoms with Crippen molar-refractivity contribution in [2.75, 3.05) is 0 Å². The molecule has 0 N–H and O–H groups in total. The quantitative estimate of drug-likeness (QED) is 0.138. The van der Waals surface area contributed by atoms with E-state index in [1.165, 1.54) is 20.7 Å². The Labute approximate surface area is 291 Å². The first-order chi connectivity index (χ1) is 24.7. The molecule has 50 heavy (non-hydrogen) atoms. The van der Waals surface area contributed by atoms with Crippen LogP contribution in [0, 0.1) is 34.0 Å². The highest BCUT2D eigenvalue weighted by atomic mass is 28.3. The molecule has 5 heteroatoms. The van der Waals surface area contributed by atoms with Crippen molar-refractivity contribution in [3.05, 3.63) is 187 Å². The molecule has 4 nitrogen and oxygen atoms in total. The maximum Gasteiger partial charge on any atom is 0.179 e. The third-order valence-corrected chi connectivity index (χ3v) is 14.4. The molecule has 0 fully saturated rings. The van der Waals surface area contributed by atoms with Gasteiger partial charge in [0.25, 0.3) is 0 Å². The molecule has 0 aliphatic heterocycles. The van der Waals surface area contributed by atoms with Crippen LogP contribution in [0.4, 0.5) is 0 Å². The summed E-state index contributed by atoms with van der Waals surface area (Å²) in [5, 5.41) is 37.5. The van der Waals surface area contributed by atoms with Gasteiger partial charge in [0.05, 0.1) is 39.5 Å². The van der Waals surface area contributed by atoms with E-state index in [0.717, 1.165) is 32.9 Å². The third-order valence-electron chi connectivity index (χ3n) is 9.66. The van der Waals surface area contributed by atoms with Crippen molar-refractivity contribution in [3.63, 3.8) is 0 Å². The third kappa shape index (κ3) is 4.72. The Kier molecular flexibility index (Phi) is 7.63. The molecule has 0 aliphatic carbocycles.